The molecule has 140 valence electrons. The van der Waals surface area contributed by atoms with E-state index in [1.165, 1.54) is 12.1 Å². The lowest BCUT2D eigenvalue weighted by Crippen LogP contribution is -2.42. The molecule has 0 bridgehead atoms. The number of alkyl halides is 3. The molecule has 0 aliphatic rings. The lowest BCUT2D eigenvalue weighted by molar-refractivity contribution is -0.274. The van der Waals surface area contributed by atoms with Gasteiger partial charge in [-0.3, -0.25) is 14.5 Å². The number of ether oxygens (including phenoxy) is 1. The SMILES string of the molecule is CC(C)N(C)C(=O)CN(C)CC(=O)Nc1ccc(OC(F)(F)F)cc1. The molecule has 25 heavy (non-hydrogen) atoms. The van der Waals surface area contributed by atoms with Gasteiger partial charge in [0.1, 0.15) is 5.75 Å². The van der Waals surface area contributed by atoms with Gasteiger partial charge in [0.05, 0.1) is 13.1 Å². The molecule has 1 aromatic carbocycles. The van der Waals surface area contributed by atoms with Gasteiger partial charge in [-0.15, -0.1) is 13.2 Å². The molecule has 1 N–H and O–H groups in total. The Hall–Kier alpha value is -2.29. The van der Waals surface area contributed by atoms with E-state index >= 15 is 0 Å². The smallest absolute Gasteiger partial charge is 0.406 e. The molecule has 1 aromatic rings. The van der Waals surface area contributed by atoms with E-state index in [0.29, 0.717) is 5.69 Å². The number of hydrogen-bond acceptors (Lipinski definition) is 4. The van der Waals surface area contributed by atoms with Crippen LogP contribution in [0.15, 0.2) is 24.3 Å². The molecule has 0 radical (unpaired) electrons. The van der Waals surface area contributed by atoms with Crippen LogP contribution in [0.2, 0.25) is 0 Å². The van der Waals surface area contributed by atoms with E-state index in [2.05, 4.69) is 10.1 Å². The number of rotatable bonds is 7. The van der Waals surface area contributed by atoms with Crippen molar-refractivity contribution >= 4 is 17.5 Å². The van der Waals surface area contributed by atoms with Crippen LogP contribution in [0, 0.1) is 0 Å². The van der Waals surface area contributed by atoms with Crippen LogP contribution >= 0.6 is 0 Å². The van der Waals surface area contributed by atoms with Gasteiger partial charge >= 0.3 is 6.36 Å². The van der Waals surface area contributed by atoms with Crippen molar-refractivity contribution in [2.24, 2.45) is 0 Å². The zero-order chi connectivity index (χ0) is 19.2. The average molecular weight is 361 g/mol. The first-order valence-electron chi connectivity index (χ1n) is 7.58. The first-order chi connectivity index (χ1) is 11.5. The predicted octanol–water partition coefficient (Wildman–Crippen LogP) is 2.32. The molecule has 9 heteroatoms. The number of amides is 2. The Kier molecular flexibility index (Phi) is 7.22. The molecular weight excluding hydrogens is 339 g/mol. The molecule has 0 atom stereocenters. The van der Waals surface area contributed by atoms with Gasteiger partial charge in [-0.25, -0.2) is 0 Å². The van der Waals surface area contributed by atoms with Crippen LogP contribution in [0.1, 0.15) is 13.8 Å². The second kappa shape index (κ2) is 8.70. The molecule has 0 saturated carbocycles. The summed E-state index contributed by atoms with van der Waals surface area (Å²) in [6.07, 6.45) is -4.76. The van der Waals surface area contributed by atoms with Gasteiger partial charge in [0.2, 0.25) is 11.8 Å². The highest BCUT2D eigenvalue weighted by atomic mass is 19.4. The van der Waals surface area contributed by atoms with Gasteiger partial charge in [0.15, 0.2) is 0 Å². The van der Waals surface area contributed by atoms with E-state index in [0.717, 1.165) is 12.1 Å². The van der Waals surface area contributed by atoms with Gasteiger partial charge < -0.3 is 15.0 Å². The molecule has 6 nitrogen and oxygen atoms in total. The Balaban J connectivity index is 2.49. The minimum absolute atomic E-state index is 0.0293. The third-order valence-corrected chi connectivity index (χ3v) is 3.36. The van der Waals surface area contributed by atoms with Crippen molar-refractivity contribution in [3.8, 4) is 5.75 Å². The maximum absolute atomic E-state index is 12.1. The number of likely N-dealkylation sites (N-methyl/N-ethyl adjacent to an activating group) is 2. The third-order valence-electron chi connectivity index (χ3n) is 3.36. The molecule has 0 heterocycles. The standard InChI is InChI=1S/C16H22F3N3O3/c1-11(2)22(4)15(24)10-21(3)9-14(23)20-12-5-7-13(8-6-12)25-16(17,18)19/h5-8,11H,9-10H2,1-4H3,(H,20,23). The fourth-order valence-corrected chi connectivity index (χ4v) is 1.87. The number of nitrogens with one attached hydrogen (secondary N) is 1. The van der Waals surface area contributed by atoms with Crippen molar-refractivity contribution in [2.75, 3.05) is 32.5 Å². The maximum Gasteiger partial charge on any atom is 0.573 e. The van der Waals surface area contributed by atoms with Gasteiger partial charge in [0, 0.05) is 18.8 Å². The summed E-state index contributed by atoms with van der Waals surface area (Å²) in [6.45, 7) is 3.83. The summed E-state index contributed by atoms with van der Waals surface area (Å²) in [4.78, 5) is 27.0. The minimum atomic E-state index is -4.76. The number of hydrogen-bond donors (Lipinski definition) is 1. The first kappa shape index (κ1) is 20.8. The van der Waals surface area contributed by atoms with Crippen LogP contribution in [-0.2, 0) is 9.59 Å². The lowest BCUT2D eigenvalue weighted by Gasteiger charge is -2.24. The molecule has 0 unspecified atom stereocenters. The molecule has 0 fully saturated rings. The summed E-state index contributed by atoms with van der Waals surface area (Å²) in [5.41, 5.74) is 0.332. The zero-order valence-electron chi connectivity index (χ0n) is 14.6. The molecule has 0 spiro atoms. The highest BCUT2D eigenvalue weighted by Gasteiger charge is 2.30. The van der Waals surface area contributed by atoms with Crippen LogP contribution in [0.4, 0.5) is 18.9 Å². The van der Waals surface area contributed by atoms with E-state index in [1.54, 1.807) is 23.9 Å². The average Bonchev–Trinajstić information content (AvgIpc) is 2.46. The Morgan fingerprint density at radius 2 is 1.68 bits per heavy atom. The Bertz CT molecular complexity index is 589. The summed E-state index contributed by atoms with van der Waals surface area (Å²) in [5.74, 6) is -0.865. The first-order valence-corrected chi connectivity index (χ1v) is 7.58. The summed E-state index contributed by atoms with van der Waals surface area (Å²) >= 11 is 0. The van der Waals surface area contributed by atoms with E-state index < -0.39 is 6.36 Å². The van der Waals surface area contributed by atoms with Crippen molar-refractivity contribution < 1.29 is 27.5 Å². The van der Waals surface area contributed by atoms with Gasteiger partial charge in [-0.1, -0.05) is 0 Å². The summed E-state index contributed by atoms with van der Waals surface area (Å²) in [5, 5.41) is 2.55. The Labute approximate surface area is 144 Å². The summed E-state index contributed by atoms with van der Waals surface area (Å²) in [6, 6.07) is 4.88. The molecule has 0 aromatic heterocycles. The Morgan fingerprint density at radius 1 is 1.12 bits per heavy atom. The van der Waals surface area contributed by atoms with Gasteiger partial charge in [-0.2, -0.15) is 0 Å². The maximum atomic E-state index is 12.1. The quantitative estimate of drug-likeness (QED) is 0.810. The fourth-order valence-electron chi connectivity index (χ4n) is 1.87. The third kappa shape index (κ3) is 7.88. The number of benzene rings is 1. The normalized spacial score (nSPS) is 11.6. The van der Waals surface area contributed by atoms with Crippen LogP contribution in [-0.4, -0.2) is 61.2 Å². The second-order valence-electron chi connectivity index (χ2n) is 5.89. The predicted molar refractivity (Wildman–Crippen MR) is 87.2 cm³/mol. The monoisotopic (exact) mass is 361 g/mol. The van der Waals surface area contributed by atoms with Crippen LogP contribution in [0.25, 0.3) is 0 Å². The van der Waals surface area contributed by atoms with Gasteiger partial charge in [-0.05, 0) is 45.2 Å². The number of nitrogens with zero attached hydrogens (tertiary/aromatic N) is 2. The second-order valence-corrected chi connectivity index (χ2v) is 5.89. The van der Waals surface area contributed by atoms with E-state index in [-0.39, 0.29) is 36.7 Å². The Morgan fingerprint density at radius 3 is 2.16 bits per heavy atom. The summed E-state index contributed by atoms with van der Waals surface area (Å²) in [7, 11) is 3.32. The van der Waals surface area contributed by atoms with E-state index in [4.69, 9.17) is 0 Å². The van der Waals surface area contributed by atoms with Crippen molar-refractivity contribution in [3.05, 3.63) is 24.3 Å². The van der Waals surface area contributed by atoms with Gasteiger partial charge in [0.25, 0.3) is 0 Å². The van der Waals surface area contributed by atoms with Crippen LogP contribution in [0.5, 0.6) is 5.75 Å². The number of carbonyl (C=O) groups excluding carboxylic acids is 2. The number of carbonyl (C=O) groups is 2. The van der Waals surface area contributed by atoms with E-state index in [1.807, 2.05) is 13.8 Å². The van der Waals surface area contributed by atoms with Crippen molar-refractivity contribution in [3.63, 3.8) is 0 Å². The molecule has 0 aliphatic carbocycles. The fraction of sp³-hybridized carbons (Fsp3) is 0.500. The molecule has 1 rings (SSSR count). The number of anilines is 1. The molecular formula is C16H22F3N3O3. The highest BCUT2D eigenvalue weighted by molar-refractivity contribution is 5.92. The molecule has 0 saturated heterocycles. The number of halogens is 3. The minimum Gasteiger partial charge on any atom is -0.406 e. The lowest BCUT2D eigenvalue weighted by atomic mass is 10.3. The van der Waals surface area contributed by atoms with Crippen molar-refractivity contribution in [1.29, 1.82) is 0 Å². The molecule has 2 amide bonds. The highest BCUT2D eigenvalue weighted by Crippen LogP contribution is 2.23. The van der Waals surface area contributed by atoms with Crippen molar-refractivity contribution in [1.82, 2.24) is 9.80 Å². The summed E-state index contributed by atoms with van der Waals surface area (Å²) < 4.78 is 40.0. The zero-order valence-corrected chi connectivity index (χ0v) is 14.6. The van der Waals surface area contributed by atoms with Crippen LogP contribution < -0.4 is 10.1 Å². The largest absolute Gasteiger partial charge is 0.573 e. The van der Waals surface area contributed by atoms with Crippen molar-refractivity contribution in [2.45, 2.75) is 26.3 Å². The topological polar surface area (TPSA) is 61.9 Å². The molecule has 0 aliphatic heterocycles. The van der Waals surface area contributed by atoms with Crippen LogP contribution in [0.3, 0.4) is 0 Å². The van der Waals surface area contributed by atoms with E-state index in [9.17, 15) is 22.8 Å².